The van der Waals surface area contributed by atoms with Crippen LogP contribution in [0.1, 0.15) is 6.92 Å². The van der Waals surface area contributed by atoms with Crippen molar-refractivity contribution in [2.75, 3.05) is 0 Å². The van der Waals surface area contributed by atoms with Crippen LogP contribution >= 0.6 is 7.82 Å². The summed E-state index contributed by atoms with van der Waals surface area (Å²) in [6, 6.07) is 0. The third-order valence-corrected chi connectivity index (χ3v) is 2.69. The van der Waals surface area contributed by atoms with E-state index in [0.29, 0.717) is 0 Å². The maximum atomic E-state index is 11.0. The molecule has 10 heteroatoms. The van der Waals surface area contributed by atoms with Gasteiger partial charge in [0, 0.05) is 0 Å². The van der Waals surface area contributed by atoms with Crippen molar-refractivity contribution in [3.63, 3.8) is 0 Å². The van der Waals surface area contributed by atoms with Gasteiger partial charge in [-0.3, -0.25) is 9.32 Å². The number of phosphoric ester groups is 1. The molecule has 1 aliphatic heterocycles. The lowest BCUT2D eigenvalue weighted by Crippen LogP contribution is -2.59. The Kier molecular flexibility index (Phi) is 4.39. The van der Waals surface area contributed by atoms with E-state index < -0.39 is 44.3 Å². The fourth-order valence-electron chi connectivity index (χ4n) is 1.41. The average Bonchev–Trinajstić information content (AvgIpc) is 2.16. The molecular weight excluding hydrogens is 259 g/mol. The Morgan fingerprint density at radius 3 is 2.12 bits per heavy atom. The van der Waals surface area contributed by atoms with Gasteiger partial charge in [0.1, 0.15) is 24.4 Å². The molecule has 0 aromatic heterocycles. The summed E-state index contributed by atoms with van der Waals surface area (Å²) in [5, 5.41) is 28.1. The summed E-state index contributed by atoms with van der Waals surface area (Å²) >= 11 is 0. The first-order valence-electron chi connectivity index (χ1n) is 4.57. The number of rotatable bonds is 3. The van der Waals surface area contributed by atoms with Crippen molar-refractivity contribution in [1.29, 1.82) is 0 Å². The van der Waals surface area contributed by atoms with Crippen LogP contribution in [0.4, 0.5) is 0 Å². The van der Waals surface area contributed by atoms with Crippen LogP contribution in [-0.4, -0.2) is 61.6 Å². The maximum absolute atomic E-state index is 11.0. The summed E-state index contributed by atoms with van der Waals surface area (Å²) in [6.07, 6.45) is -8.81. The van der Waals surface area contributed by atoms with E-state index in [2.05, 4.69) is 4.52 Å². The predicted octanol–water partition coefficient (Wildman–Crippen LogP) is -2.51. The number of ketones is 1. The number of aliphatic hydroxyl groups is 3. The number of carbonyl (C=O) groups excluding carboxylic acids is 1. The lowest BCUT2D eigenvalue weighted by Gasteiger charge is -2.38. The third-order valence-electron chi connectivity index (χ3n) is 2.21. The summed E-state index contributed by atoms with van der Waals surface area (Å²) in [4.78, 5) is 28.1. The summed E-state index contributed by atoms with van der Waals surface area (Å²) in [7, 11) is -4.96. The Hall–Kier alpha value is -0.380. The highest BCUT2D eigenvalue weighted by atomic mass is 31.2. The summed E-state index contributed by atoms with van der Waals surface area (Å²) in [5.41, 5.74) is 0. The Balaban J connectivity index is 2.85. The van der Waals surface area contributed by atoms with Crippen molar-refractivity contribution in [2.45, 2.75) is 37.6 Å². The molecule has 0 aromatic carbocycles. The van der Waals surface area contributed by atoms with Crippen LogP contribution in [-0.2, 0) is 18.6 Å². The molecule has 0 amide bonds. The Bertz CT molecular complexity index is 338. The van der Waals surface area contributed by atoms with E-state index in [4.69, 9.17) is 14.5 Å². The van der Waals surface area contributed by atoms with Gasteiger partial charge >= 0.3 is 7.82 Å². The molecule has 1 fully saturated rings. The van der Waals surface area contributed by atoms with Crippen molar-refractivity contribution in [3.05, 3.63) is 0 Å². The Morgan fingerprint density at radius 2 is 1.71 bits per heavy atom. The summed E-state index contributed by atoms with van der Waals surface area (Å²) in [6.45, 7) is 1.05. The van der Waals surface area contributed by atoms with Gasteiger partial charge in [-0.25, -0.2) is 4.57 Å². The van der Waals surface area contributed by atoms with Crippen LogP contribution < -0.4 is 0 Å². The highest BCUT2D eigenvalue weighted by molar-refractivity contribution is 7.46. The second-order valence-electron chi connectivity index (χ2n) is 3.60. The standard InChI is InChI=1S/C7H13O9P/c1-2(8)6-4(10)3(9)5(11)7(15-6)16-17(12,13)14/h3-7,9-11H,1H3,(H2,12,13,14)/t3-,4-,5+,6+,7+/m0/s1. The van der Waals surface area contributed by atoms with E-state index in [-0.39, 0.29) is 0 Å². The molecule has 5 atom stereocenters. The molecule has 5 N–H and O–H groups in total. The smallest absolute Gasteiger partial charge is 0.387 e. The second kappa shape index (κ2) is 5.09. The zero-order valence-corrected chi connectivity index (χ0v) is 9.60. The minimum atomic E-state index is -4.96. The van der Waals surface area contributed by atoms with Crippen molar-refractivity contribution in [3.8, 4) is 0 Å². The molecule has 100 valence electrons. The first kappa shape index (κ1) is 14.7. The summed E-state index contributed by atoms with van der Waals surface area (Å²) < 4.78 is 19.3. The topological polar surface area (TPSA) is 154 Å². The number of phosphoric acid groups is 1. The Morgan fingerprint density at radius 1 is 1.18 bits per heavy atom. The monoisotopic (exact) mass is 272 g/mol. The highest BCUT2D eigenvalue weighted by Gasteiger charge is 2.47. The molecule has 0 aliphatic carbocycles. The normalized spacial score (nSPS) is 39.1. The van der Waals surface area contributed by atoms with Crippen LogP contribution in [0.25, 0.3) is 0 Å². The molecule has 1 rings (SSSR count). The molecule has 0 bridgehead atoms. The van der Waals surface area contributed by atoms with Crippen LogP contribution in [0.2, 0.25) is 0 Å². The van der Waals surface area contributed by atoms with Gasteiger partial charge in [-0.05, 0) is 6.92 Å². The summed E-state index contributed by atoms with van der Waals surface area (Å²) in [5.74, 6) is -0.678. The lowest BCUT2D eigenvalue weighted by molar-refractivity contribution is -0.269. The largest absolute Gasteiger partial charge is 0.472 e. The van der Waals surface area contributed by atoms with Gasteiger partial charge in [0.05, 0.1) is 0 Å². The van der Waals surface area contributed by atoms with Crippen molar-refractivity contribution in [1.82, 2.24) is 0 Å². The lowest BCUT2D eigenvalue weighted by atomic mass is 9.97. The van der Waals surface area contributed by atoms with Gasteiger partial charge < -0.3 is 29.8 Å². The molecule has 1 aliphatic rings. The fourth-order valence-corrected chi connectivity index (χ4v) is 1.85. The number of ether oxygens (including phenoxy) is 1. The van der Waals surface area contributed by atoms with Crippen LogP contribution in [0.15, 0.2) is 0 Å². The van der Waals surface area contributed by atoms with Crippen molar-refractivity contribution >= 4 is 13.6 Å². The van der Waals surface area contributed by atoms with E-state index in [1.807, 2.05) is 0 Å². The van der Waals surface area contributed by atoms with E-state index in [1.54, 1.807) is 0 Å². The number of carbonyl (C=O) groups is 1. The molecule has 0 unspecified atom stereocenters. The number of Topliss-reactive ketones (excluding diaryl/α,β-unsaturated/α-hetero) is 1. The molecule has 0 spiro atoms. The van der Waals surface area contributed by atoms with Crippen molar-refractivity contribution < 1.29 is 43.7 Å². The zero-order chi connectivity index (χ0) is 13.4. The number of hydrogen-bond donors (Lipinski definition) is 5. The molecule has 0 aromatic rings. The predicted molar refractivity (Wildman–Crippen MR) is 50.5 cm³/mol. The van der Waals surface area contributed by atoms with Gasteiger partial charge in [-0.15, -0.1) is 0 Å². The van der Waals surface area contributed by atoms with E-state index in [0.717, 1.165) is 6.92 Å². The average molecular weight is 272 g/mol. The van der Waals surface area contributed by atoms with Gasteiger partial charge in [-0.2, -0.15) is 0 Å². The first-order valence-corrected chi connectivity index (χ1v) is 6.10. The molecule has 0 radical (unpaired) electrons. The minimum absolute atomic E-state index is 0.678. The number of aliphatic hydroxyl groups excluding tert-OH is 3. The van der Waals surface area contributed by atoms with Crippen LogP contribution in [0, 0.1) is 0 Å². The molecule has 17 heavy (non-hydrogen) atoms. The first-order chi connectivity index (χ1) is 7.63. The van der Waals surface area contributed by atoms with Gasteiger partial charge in [0.25, 0.3) is 0 Å². The Labute approximate surface area is 95.8 Å². The molecule has 1 heterocycles. The highest BCUT2D eigenvalue weighted by Crippen LogP contribution is 2.40. The zero-order valence-electron chi connectivity index (χ0n) is 8.70. The number of hydrogen-bond acceptors (Lipinski definition) is 7. The molecule has 0 saturated carbocycles. The molecular formula is C7H13O9P. The maximum Gasteiger partial charge on any atom is 0.472 e. The fraction of sp³-hybridized carbons (Fsp3) is 0.857. The minimum Gasteiger partial charge on any atom is -0.387 e. The SMILES string of the molecule is CC(=O)[C@H]1O[C@H](OP(=O)(O)O)[C@H](O)[C@@H](O)[C@@H]1O. The second-order valence-corrected chi connectivity index (χ2v) is 4.80. The third kappa shape index (κ3) is 3.54. The van der Waals surface area contributed by atoms with Crippen LogP contribution in [0.5, 0.6) is 0 Å². The molecule has 9 nitrogen and oxygen atoms in total. The van der Waals surface area contributed by atoms with Crippen LogP contribution in [0.3, 0.4) is 0 Å². The van der Waals surface area contributed by atoms with Gasteiger partial charge in [0.2, 0.25) is 0 Å². The molecule has 1 saturated heterocycles. The van der Waals surface area contributed by atoms with Gasteiger partial charge in [0.15, 0.2) is 12.1 Å². The van der Waals surface area contributed by atoms with E-state index in [9.17, 15) is 24.7 Å². The van der Waals surface area contributed by atoms with Crippen molar-refractivity contribution in [2.24, 2.45) is 0 Å². The van der Waals surface area contributed by atoms with E-state index >= 15 is 0 Å². The van der Waals surface area contributed by atoms with E-state index in [1.165, 1.54) is 0 Å². The quantitative estimate of drug-likeness (QED) is 0.350. The van der Waals surface area contributed by atoms with Gasteiger partial charge in [-0.1, -0.05) is 0 Å².